The third-order valence-corrected chi connectivity index (χ3v) is 10.5. The second-order valence-electron chi connectivity index (χ2n) is 15.4. The Hall–Kier alpha value is -3.22. The molecule has 4 fully saturated rings. The standard InChI is InChI=1S/C36H55N5O7/c1-23-13-8-5-6-11-16-27(38-34(47)48-35(2,3)4)32(45)41-22-25(42)19-29(41)31(44)39-36(20-26(23)36)33(46)40-18-12-17-28(40)30(43)37-21-24-14-9-7-10-15-24/h7,9-10,14-15,23,25-29,32,42,45H,5-6,8,11-13,16-22H2,1-4H3,(H,37,43)(H,38,47)(H,39,44)/t23?,25-,26+,27+,28-,29+,32?,36-/m1/s1. The van der Waals surface area contributed by atoms with E-state index in [1.807, 2.05) is 30.3 Å². The summed E-state index contributed by atoms with van der Waals surface area (Å²) in [5.74, 6) is -0.788. The number of nitrogens with zero attached hydrogens (tertiary/aromatic N) is 2. The number of carbonyl (C=O) groups is 4. The zero-order valence-electron chi connectivity index (χ0n) is 29.0. The smallest absolute Gasteiger partial charge is 0.408 e. The molecule has 266 valence electrons. The highest BCUT2D eigenvalue weighted by Crippen LogP contribution is 2.52. The molecule has 8 atom stereocenters. The van der Waals surface area contributed by atoms with Crippen molar-refractivity contribution in [2.24, 2.45) is 11.8 Å². The molecule has 0 bridgehead atoms. The van der Waals surface area contributed by atoms with Crippen LogP contribution in [-0.2, 0) is 25.7 Å². The lowest BCUT2D eigenvalue weighted by atomic mass is 9.93. The first kappa shape index (κ1) is 36.1. The molecule has 5 N–H and O–H groups in total. The molecule has 12 heteroatoms. The summed E-state index contributed by atoms with van der Waals surface area (Å²) in [6.07, 6.45) is 3.98. The lowest BCUT2D eigenvalue weighted by Gasteiger charge is -2.36. The molecule has 4 amide bonds. The predicted octanol–water partition coefficient (Wildman–Crippen LogP) is 2.81. The number of nitrogens with one attached hydrogen (secondary N) is 3. The predicted molar refractivity (Wildman–Crippen MR) is 179 cm³/mol. The summed E-state index contributed by atoms with van der Waals surface area (Å²) in [5, 5.41) is 31.3. The molecule has 3 saturated heterocycles. The van der Waals surface area contributed by atoms with E-state index in [4.69, 9.17) is 4.74 Å². The SMILES string of the molecule is CC1CCCCCC[C@H](NC(=O)OC(C)(C)C)C(O)N2C[C@H](O)C[C@H]2C(=O)N[C@]2(C(=O)N3CCC[C@@H]3C(=O)NCc3ccccc3)C[C@@H]12. The highest BCUT2D eigenvalue weighted by Gasteiger charge is 2.65. The summed E-state index contributed by atoms with van der Waals surface area (Å²) in [4.78, 5) is 58.0. The number of ether oxygens (including phenoxy) is 1. The van der Waals surface area contributed by atoms with Crippen LogP contribution in [0.2, 0.25) is 0 Å². The van der Waals surface area contributed by atoms with Gasteiger partial charge in [-0.15, -0.1) is 0 Å². The molecule has 0 spiro atoms. The Balaban J connectivity index is 1.35. The average Bonchev–Trinajstić information content (AvgIpc) is 3.34. The van der Waals surface area contributed by atoms with Crippen molar-refractivity contribution in [3.8, 4) is 0 Å². The van der Waals surface area contributed by atoms with Crippen LogP contribution in [0.5, 0.6) is 0 Å². The number of alkyl carbamates (subject to hydrolysis) is 1. The lowest BCUT2D eigenvalue weighted by molar-refractivity contribution is -0.144. The van der Waals surface area contributed by atoms with Crippen LogP contribution in [0.3, 0.4) is 0 Å². The van der Waals surface area contributed by atoms with Crippen molar-refractivity contribution in [1.29, 1.82) is 0 Å². The van der Waals surface area contributed by atoms with Gasteiger partial charge in [0, 0.05) is 19.6 Å². The molecule has 1 aromatic carbocycles. The van der Waals surface area contributed by atoms with Gasteiger partial charge in [-0.25, -0.2) is 4.79 Å². The van der Waals surface area contributed by atoms with Crippen molar-refractivity contribution < 1.29 is 34.1 Å². The molecule has 5 rings (SSSR count). The van der Waals surface area contributed by atoms with E-state index in [9.17, 15) is 29.4 Å². The number of hydrogen-bond donors (Lipinski definition) is 5. The summed E-state index contributed by atoms with van der Waals surface area (Å²) >= 11 is 0. The van der Waals surface area contributed by atoms with Crippen molar-refractivity contribution in [1.82, 2.24) is 25.8 Å². The average molecular weight is 670 g/mol. The van der Waals surface area contributed by atoms with Crippen LogP contribution in [0.1, 0.15) is 97.5 Å². The van der Waals surface area contributed by atoms with Crippen LogP contribution in [0.25, 0.3) is 0 Å². The van der Waals surface area contributed by atoms with Crippen LogP contribution in [0, 0.1) is 11.8 Å². The summed E-state index contributed by atoms with van der Waals surface area (Å²) < 4.78 is 5.47. The monoisotopic (exact) mass is 669 g/mol. The van der Waals surface area contributed by atoms with Gasteiger partial charge in [0.05, 0.1) is 18.2 Å². The van der Waals surface area contributed by atoms with Crippen LogP contribution < -0.4 is 16.0 Å². The van der Waals surface area contributed by atoms with Gasteiger partial charge in [-0.1, -0.05) is 69.4 Å². The molecular weight excluding hydrogens is 614 g/mol. The normalized spacial score (nSPS) is 33.3. The molecule has 2 unspecified atom stereocenters. The number of amides is 4. The maximum atomic E-state index is 14.5. The largest absolute Gasteiger partial charge is 0.444 e. The maximum Gasteiger partial charge on any atom is 0.408 e. The van der Waals surface area contributed by atoms with E-state index in [0.717, 1.165) is 37.7 Å². The number of likely N-dealkylation sites (tertiary alicyclic amines) is 1. The van der Waals surface area contributed by atoms with Gasteiger partial charge in [-0.2, -0.15) is 0 Å². The van der Waals surface area contributed by atoms with E-state index < -0.39 is 53.6 Å². The minimum absolute atomic E-state index is 0.0440. The first-order valence-corrected chi connectivity index (χ1v) is 17.8. The van der Waals surface area contributed by atoms with Gasteiger partial charge < -0.3 is 35.8 Å². The highest BCUT2D eigenvalue weighted by molar-refractivity contribution is 5.99. The number of fused-ring (bicyclic) bond motifs is 2. The van der Waals surface area contributed by atoms with Gasteiger partial charge in [-0.3, -0.25) is 19.3 Å². The van der Waals surface area contributed by atoms with Crippen LogP contribution in [-0.4, -0.2) is 98.5 Å². The van der Waals surface area contributed by atoms with Gasteiger partial charge in [0.2, 0.25) is 17.7 Å². The fourth-order valence-electron chi connectivity index (χ4n) is 7.92. The molecule has 4 aliphatic rings. The fraction of sp³-hybridized carbons (Fsp3) is 0.722. The fourth-order valence-corrected chi connectivity index (χ4v) is 7.92. The van der Waals surface area contributed by atoms with Crippen molar-refractivity contribution in [3.63, 3.8) is 0 Å². The van der Waals surface area contributed by atoms with Gasteiger partial charge in [0.25, 0.3) is 0 Å². The molecule has 12 nitrogen and oxygen atoms in total. The van der Waals surface area contributed by atoms with Gasteiger partial charge >= 0.3 is 6.09 Å². The zero-order chi connectivity index (χ0) is 34.6. The minimum Gasteiger partial charge on any atom is -0.444 e. The second-order valence-corrected chi connectivity index (χ2v) is 15.4. The molecule has 1 aliphatic carbocycles. The number of rotatable bonds is 5. The molecule has 1 aromatic rings. The summed E-state index contributed by atoms with van der Waals surface area (Å²) in [7, 11) is 0. The molecule has 3 aliphatic heterocycles. The molecule has 48 heavy (non-hydrogen) atoms. The van der Waals surface area contributed by atoms with Gasteiger partial charge in [0.15, 0.2) is 0 Å². The van der Waals surface area contributed by atoms with Crippen molar-refractivity contribution >= 4 is 23.8 Å². The summed E-state index contributed by atoms with van der Waals surface area (Å²) in [5.41, 5.74) is -0.909. The Morgan fingerprint density at radius 3 is 2.44 bits per heavy atom. The van der Waals surface area contributed by atoms with E-state index >= 15 is 0 Å². The Morgan fingerprint density at radius 2 is 1.73 bits per heavy atom. The first-order valence-electron chi connectivity index (χ1n) is 17.8. The Kier molecular flexibility index (Phi) is 11.4. The van der Waals surface area contributed by atoms with Crippen LogP contribution in [0.4, 0.5) is 4.79 Å². The third kappa shape index (κ3) is 8.49. The maximum absolute atomic E-state index is 14.5. The summed E-state index contributed by atoms with van der Waals surface area (Å²) in [6, 6.07) is 7.38. The number of aliphatic hydroxyl groups is 2. The van der Waals surface area contributed by atoms with Crippen molar-refractivity contribution in [2.75, 3.05) is 13.1 Å². The number of benzene rings is 1. The number of carbonyl (C=O) groups excluding carboxylic acids is 4. The second kappa shape index (κ2) is 15.1. The topological polar surface area (TPSA) is 161 Å². The molecule has 1 saturated carbocycles. The van der Waals surface area contributed by atoms with E-state index in [2.05, 4.69) is 22.9 Å². The van der Waals surface area contributed by atoms with Gasteiger partial charge in [-0.05, 0) is 70.3 Å². The highest BCUT2D eigenvalue weighted by atomic mass is 16.6. The van der Waals surface area contributed by atoms with E-state index in [-0.39, 0.29) is 36.6 Å². The van der Waals surface area contributed by atoms with Crippen LogP contribution >= 0.6 is 0 Å². The molecule has 3 heterocycles. The Labute approximate surface area is 284 Å². The molecule has 0 aromatic heterocycles. The first-order chi connectivity index (χ1) is 22.8. The zero-order valence-corrected chi connectivity index (χ0v) is 29.0. The number of hydrogen-bond acceptors (Lipinski definition) is 8. The minimum atomic E-state index is -1.26. The van der Waals surface area contributed by atoms with E-state index in [1.165, 1.54) is 4.90 Å². The Morgan fingerprint density at radius 1 is 1.02 bits per heavy atom. The third-order valence-electron chi connectivity index (χ3n) is 10.5. The Bertz CT molecular complexity index is 1310. The molecular formula is C36H55N5O7. The van der Waals surface area contributed by atoms with Crippen molar-refractivity contribution in [3.05, 3.63) is 35.9 Å². The summed E-state index contributed by atoms with van der Waals surface area (Å²) in [6.45, 7) is 8.28. The van der Waals surface area contributed by atoms with E-state index in [1.54, 1.807) is 25.7 Å². The number of aliphatic hydroxyl groups excluding tert-OH is 2. The quantitative estimate of drug-likeness (QED) is 0.320. The molecule has 0 radical (unpaired) electrons. The van der Waals surface area contributed by atoms with Gasteiger partial charge in [0.1, 0.15) is 23.4 Å². The van der Waals surface area contributed by atoms with Crippen LogP contribution in [0.15, 0.2) is 30.3 Å². The lowest BCUT2D eigenvalue weighted by Crippen LogP contribution is -2.60. The van der Waals surface area contributed by atoms with E-state index in [0.29, 0.717) is 38.8 Å². The van der Waals surface area contributed by atoms with Crippen molar-refractivity contribution in [2.45, 2.75) is 140 Å².